The second-order valence-corrected chi connectivity index (χ2v) is 9.02. The van der Waals surface area contributed by atoms with Gasteiger partial charge in [0.25, 0.3) is 0 Å². The summed E-state index contributed by atoms with van der Waals surface area (Å²) < 4.78 is 31.8. The third-order valence-electron chi connectivity index (χ3n) is 6.61. The molecule has 17 heteroatoms. The topological polar surface area (TPSA) is 277 Å². The first-order valence-electron chi connectivity index (χ1n) is 11.4. The smallest absolute Gasteiger partial charge is 0.335 e. The van der Waals surface area contributed by atoms with Crippen molar-refractivity contribution in [3.63, 3.8) is 0 Å². The van der Waals surface area contributed by atoms with Crippen LogP contribution >= 0.6 is 0 Å². The fourth-order valence-corrected chi connectivity index (χ4v) is 4.49. The van der Waals surface area contributed by atoms with Crippen molar-refractivity contribution in [2.75, 3.05) is 13.7 Å². The second-order valence-electron chi connectivity index (χ2n) is 9.02. The lowest BCUT2D eigenvalue weighted by atomic mass is 9.94. The molecular weight excluding hydrogens is 510 g/mol. The summed E-state index contributed by atoms with van der Waals surface area (Å²) in [5.74, 6) is -3.05. The Bertz CT molecular complexity index is 800. The van der Waals surface area contributed by atoms with Crippen LogP contribution in [0.25, 0.3) is 0 Å². The Labute approximate surface area is 209 Å². The number of hydrogen-bond donors (Lipinski definition) is 9. The normalized spacial score (nSPS) is 48.9. The number of methoxy groups -OCH3 is 1. The molecule has 3 fully saturated rings. The average molecular weight is 543 g/mol. The number of hydrogen-bond acceptors (Lipinski definition) is 15. The molecule has 3 saturated heterocycles. The fourth-order valence-electron chi connectivity index (χ4n) is 4.49. The zero-order valence-corrected chi connectivity index (χ0v) is 19.8. The Morgan fingerprint density at radius 2 is 1.30 bits per heavy atom. The number of nitrogens with two attached hydrogens (primary N) is 1. The molecule has 0 spiro atoms. The number of carboxylic acid groups (broad SMARTS) is 2. The highest BCUT2D eigenvalue weighted by Gasteiger charge is 2.54. The first kappa shape index (κ1) is 30.0. The minimum absolute atomic E-state index is 0.839. The van der Waals surface area contributed by atoms with Gasteiger partial charge in [0.1, 0.15) is 54.9 Å². The molecule has 0 bridgehead atoms. The number of carboxylic acids is 2. The van der Waals surface area contributed by atoms with E-state index < -0.39 is 110 Å². The molecular formula is C20H33NO16. The third kappa shape index (κ3) is 5.88. The van der Waals surface area contributed by atoms with Gasteiger partial charge in [-0.1, -0.05) is 0 Å². The molecule has 6 unspecified atom stereocenters. The summed E-state index contributed by atoms with van der Waals surface area (Å²) in [4.78, 5) is 23.2. The zero-order chi connectivity index (χ0) is 27.8. The molecule has 15 atom stereocenters. The van der Waals surface area contributed by atoms with Gasteiger partial charge < -0.3 is 75.0 Å². The minimum Gasteiger partial charge on any atom is -0.479 e. The molecule has 10 N–H and O–H groups in total. The van der Waals surface area contributed by atoms with Crippen molar-refractivity contribution >= 4 is 11.9 Å². The fraction of sp³-hybridized carbons (Fsp3) is 0.900. The summed E-state index contributed by atoms with van der Waals surface area (Å²) >= 11 is 0. The Morgan fingerprint density at radius 3 is 1.84 bits per heavy atom. The van der Waals surface area contributed by atoms with Gasteiger partial charge in [-0.15, -0.1) is 0 Å². The van der Waals surface area contributed by atoms with E-state index in [1.807, 2.05) is 0 Å². The van der Waals surface area contributed by atoms with Crippen molar-refractivity contribution in [2.45, 2.75) is 98.8 Å². The van der Waals surface area contributed by atoms with Crippen molar-refractivity contribution in [3.8, 4) is 0 Å². The predicted molar refractivity (Wildman–Crippen MR) is 113 cm³/mol. The summed E-state index contributed by atoms with van der Waals surface area (Å²) in [5, 5.41) is 80.6. The molecule has 17 nitrogen and oxygen atoms in total. The van der Waals surface area contributed by atoms with Gasteiger partial charge in [0.15, 0.2) is 24.8 Å². The predicted octanol–water partition coefficient (Wildman–Crippen LogP) is -5.70. The third-order valence-corrected chi connectivity index (χ3v) is 6.61. The van der Waals surface area contributed by atoms with Crippen LogP contribution in [-0.4, -0.2) is 158 Å². The van der Waals surface area contributed by atoms with E-state index in [0.717, 1.165) is 7.11 Å². The summed E-state index contributed by atoms with van der Waals surface area (Å²) in [6, 6.07) is -1.52. The van der Waals surface area contributed by atoms with Crippen molar-refractivity contribution in [3.05, 3.63) is 0 Å². The maximum Gasteiger partial charge on any atom is 0.335 e. The molecule has 0 aromatic heterocycles. The van der Waals surface area contributed by atoms with E-state index in [4.69, 9.17) is 34.2 Å². The molecule has 3 rings (SSSR count). The average Bonchev–Trinajstić information content (AvgIpc) is 2.85. The summed E-state index contributed by atoms with van der Waals surface area (Å²) in [7, 11) is 1.10. The summed E-state index contributed by atoms with van der Waals surface area (Å²) in [6.07, 6.45) is -22.8. The highest BCUT2D eigenvalue weighted by Crippen LogP contribution is 2.32. The van der Waals surface area contributed by atoms with Crippen LogP contribution in [0.4, 0.5) is 0 Å². The molecule has 0 aromatic carbocycles. The van der Waals surface area contributed by atoms with Gasteiger partial charge in [-0.25, -0.2) is 9.59 Å². The first-order valence-corrected chi connectivity index (χ1v) is 11.4. The molecule has 0 saturated carbocycles. The highest BCUT2D eigenvalue weighted by atomic mass is 16.7. The van der Waals surface area contributed by atoms with Crippen LogP contribution in [0.5, 0.6) is 0 Å². The van der Waals surface area contributed by atoms with E-state index in [9.17, 15) is 50.4 Å². The van der Waals surface area contributed by atoms with Crippen molar-refractivity contribution in [2.24, 2.45) is 5.73 Å². The SMILES string of the molecule is CO[C@@H]1C(C(=O)O)O[C@@H](O[C@@H]2C(CO)O[C@H](O[C@@H]3C(C(=O)O)O[C@@H](C)C(O)[C@H]3O)C(N)[C@H]2O)C(O)[C@H]1O. The van der Waals surface area contributed by atoms with Crippen LogP contribution in [0, 0.1) is 0 Å². The van der Waals surface area contributed by atoms with Crippen LogP contribution in [0.3, 0.4) is 0 Å². The maximum atomic E-state index is 11.6. The van der Waals surface area contributed by atoms with E-state index in [0.29, 0.717) is 0 Å². The minimum atomic E-state index is -1.84. The molecule has 0 aromatic rings. The van der Waals surface area contributed by atoms with Crippen LogP contribution in [0.2, 0.25) is 0 Å². The second kappa shape index (κ2) is 12.1. The van der Waals surface area contributed by atoms with Crippen LogP contribution in [-0.2, 0) is 38.0 Å². The summed E-state index contributed by atoms with van der Waals surface area (Å²) in [5.41, 5.74) is 6.00. The Kier molecular flexibility index (Phi) is 9.78. The van der Waals surface area contributed by atoms with Gasteiger partial charge in [-0.2, -0.15) is 0 Å². The van der Waals surface area contributed by atoms with Gasteiger partial charge >= 0.3 is 11.9 Å². The lowest BCUT2D eigenvalue weighted by molar-refractivity contribution is -0.354. The van der Waals surface area contributed by atoms with Crippen molar-refractivity contribution in [1.29, 1.82) is 0 Å². The Balaban J connectivity index is 1.76. The first-order chi connectivity index (χ1) is 17.3. The molecule has 214 valence electrons. The molecule has 3 heterocycles. The molecule has 0 amide bonds. The summed E-state index contributed by atoms with van der Waals surface area (Å²) in [6.45, 7) is 0.507. The Morgan fingerprint density at radius 1 is 0.757 bits per heavy atom. The van der Waals surface area contributed by atoms with Crippen molar-refractivity contribution in [1.82, 2.24) is 0 Å². The highest BCUT2D eigenvalue weighted by molar-refractivity contribution is 5.74. The molecule has 0 aliphatic carbocycles. The lowest BCUT2D eigenvalue weighted by Gasteiger charge is -2.48. The number of aliphatic hydroxyl groups excluding tert-OH is 6. The van der Waals surface area contributed by atoms with Gasteiger partial charge in [-0.05, 0) is 6.92 Å². The number of ether oxygens (including phenoxy) is 6. The van der Waals surface area contributed by atoms with E-state index >= 15 is 0 Å². The number of rotatable bonds is 8. The standard InChI is InChI=1S/C20H33NO16/c1-4-7(23)9(25)14(16(33-4)18(30)31)36-19-6(21)8(24)12(5(3-22)34-19)35-20-11(27)10(26)13(32-2)15(37-20)17(28)29/h4-16,19-20,22-27H,3,21H2,1-2H3,(H,28,29)(H,30,31)/t4-,5?,6?,7?,8+,9+,10+,11?,12+,13-,14-,15?,16?,19+,20+/m0/s1. The van der Waals surface area contributed by atoms with E-state index in [-0.39, 0.29) is 0 Å². The van der Waals surface area contributed by atoms with E-state index in [1.165, 1.54) is 6.92 Å². The van der Waals surface area contributed by atoms with E-state index in [2.05, 4.69) is 0 Å². The van der Waals surface area contributed by atoms with Crippen molar-refractivity contribution < 1.29 is 78.9 Å². The van der Waals surface area contributed by atoms with Gasteiger partial charge in [0, 0.05) is 7.11 Å². The number of aliphatic carboxylic acids is 2. The molecule has 0 radical (unpaired) electrons. The maximum absolute atomic E-state index is 11.6. The molecule has 37 heavy (non-hydrogen) atoms. The van der Waals surface area contributed by atoms with Crippen LogP contribution < -0.4 is 5.73 Å². The van der Waals surface area contributed by atoms with Gasteiger partial charge in [0.05, 0.1) is 18.8 Å². The van der Waals surface area contributed by atoms with Crippen LogP contribution in [0.15, 0.2) is 0 Å². The number of aliphatic hydroxyl groups is 6. The molecule has 3 aliphatic rings. The quantitative estimate of drug-likeness (QED) is 0.138. The van der Waals surface area contributed by atoms with E-state index in [1.54, 1.807) is 0 Å². The monoisotopic (exact) mass is 543 g/mol. The van der Waals surface area contributed by atoms with Crippen LogP contribution in [0.1, 0.15) is 6.92 Å². The zero-order valence-electron chi connectivity index (χ0n) is 19.8. The lowest BCUT2D eigenvalue weighted by Crippen LogP contribution is -2.68. The number of carbonyl (C=O) groups is 2. The Hall–Kier alpha value is -1.58. The molecule has 3 aliphatic heterocycles. The largest absolute Gasteiger partial charge is 0.479 e. The van der Waals surface area contributed by atoms with Gasteiger partial charge in [0.2, 0.25) is 0 Å². The van der Waals surface area contributed by atoms with Gasteiger partial charge in [-0.3, -0.25) is 0 Å².